The number of hydrogen-bond donors (Lipinski definition) is 3. The van der Waals surface area contributed by atoms with Crippen LogP contribution in [-0.4, -0.2) is 37.6 Å². The fraction of sp³-hybridized carbons (Fsp3) is 0.619. The maximum absolute atomic E-state index is 12.0. The normalized spacial score (nSPS) is 14.3. The van der Waals surface area contributed by atoms with Gasteiger partial charge in [-0.05, 0) is 45.2 Å². The minimum atomic E-state index is 0. The monoisotopic (exact) mass is 502 g/mol. The largest absolute Gasteiger partial charge is 0.494 e. The topological polar surface area (TPSA) is 74.8 Å². The predicted octanol–water partition coefficient (Wildman–Crippen LogP) is 3.52. The summed E-state index contributed by atoms with van der Waals surface area (Å²) in [5.41, 5.74) is 2.23. The Morgan fingerprint density at radius 3 is 2.64 bits per heavy atom. The number of amides is 1. The summed E-state index contributed by atoms with van der Waals surface area (Å²) in [4.78, 5) is 16.7. The molecule has 0 bridgehead atoms. The molecule has 1 saturated carbocycles. The Hall–Kier alpha value is -1.51. The molecule has 0 heterocycles. The standard InChI is InChI=1S/C21H34N4O2.HI/c1-4-22-21(23-13-12-20(26)25-18-8-6-7-9-18)24-15-17-11-10-16(3)14-19(17)27-5-2;/h10-11,14,18H,4-9,12-13,15H2,1-3H3,(H,25,26)(H2,22,23,24);1H. The highest BCUT2D eigenvalue weighted by molar-refractivity contribution is 14.0. The predicted molar refractivity (Wildman–Crippen MR) is 126 cm³/mol. The van der Waals surface area contributed by atoms with E-state index in [0.717, 1.165) is 30.7 Å². The second-order valence-corrected chi connectivity index (χ2v) is 6.97. The van der Waals surface area contributed by atoms with Crippen molar-refractivity contribution in [3.8, 4) is 5.75 Å². The van der Waals surface area contributed by atoms with E-state index >= 15 is 0 Å². The van der Waals surface area contributed by atoms with Crippen molar-refractivity contribution in [3.63, 3.8) is 0 Å². The Kier molecular flexibility index (Phi) is 11.9. The Labute approximate surface area is 186 Å². The fourth-order valence-corrected chi connectivity index (χ4v) is 3.25. The molecule has 1 aromatic rings. The fourth-order valence-electron chi connectivity index (χ4n) is 3.25. The summed E-state index contributed by atoms with van der Waals surface area (Å²) in [6.45, 7) is 8.56. The molecule has 1 aliphatic rings. The molecule has 0 aromatic heterocycles. The lowest BCUT2D eigenvalue weighted by molar-refractivity contribution is -0.121. The Balaban J connectivity index is 0.00000392. The zero-order valence-corrected chi connectivity index (χ0v) is 19.7. The van der Waals surface area contributed by atoms with Gasteiger partial charge in [-0.1, -0.05) is 25.0 Å². The molecule has 0 atom stereocenters. The summed E-state index contributed by atoms with van der Waals surface area (Å²) in [5, 5.41) is 9.59. The lowest BCUT2D eigenvalue weighted by Crippen LogP contribution is -2.40. The van der Waals surface area contributed by atoms with Crippen molar-refractivity contribution in [3.05, 3.63) is 29.3 Å². The molecule has 1 amide bonds. The number of carbonyl (C=O) groups excluding carboxylic acids is 1. The van der Waals surface area contributed by atoms with Crippen LogP contribution >= 0.6 is 24.0 Å². The lowest BCUT2D eigenvalue weighted by Gasteiger charge is -2.14. The second-order valence-electron chi connectivity index (χ2n) is 6.97. The van der Waals surface area contributed by atoms with Gasteiger partial charge in [0, 0.05) is 31.1 Å². The number of guanidine groups is 1. The molecule has 0 spiro atoms. The van der Waals surface area contributed by atoms with Crippen LogP contribution in [0.4, 0.5) is 0 Å². The summed E-state index contributed by atoms with van der Waals surface area (Å²) in [6.07, 6.45) is 5.13. The molecule has 3 N–H and O–H groups in total. The zero-order valence-electron chi connectivity index (χ0n) is 17.3. The Morgan fingerprint density at radius 2 is 1.96 bits per heavy atom. The molecule has 0 radical (unpaired) electrons. The first kappa shape index (κ1) is 24.5. The number of nitrogens with zero attached hydrogens (tertiary/aromatic N) is 1. The summed E-state index contributed by atoms with van der Waals surface area (Å²) in [5.74, 6) is 1.71. The third kappa shape index (κ3) is 8.67. The number of benzene rings is 1. The molecular weight excluding hydrogens is 467 g/mol. The Bertz CT molecular complexity index is 631. The highest BCUT2D eigenvalue weighted by Gasteiger charge is 2.16. The third-order valence-electron chi connectivity index (χ3n) is 4.64. The van der Waals surface area contributed by atoms with Gasteiger partial charge in [-0.3, -0.25) is 4.79 Å². The number of hydrogen-bond acceptors (Lipinski definition) is 3. The number of ether oxygens (including phenoxy) is 1. The van der Waals surface area contributed by atoms with E-state index in [9.17, 15) is 4.79 Å². The molecule has 158 valence electrons. The van der Waals surface area contributed by atoms with Crippen LogP contribution < -0.4 is 20.7 Å². The van der Waals surface area contributed by atoms with E-state index in [2.05, 4.69) is 40.0 Å². The maximum Gasteiger partial charge on any atom is 0.221 e. The van der Waals surface area contributed by atoms with Crippen LogP contribution in [0.25, 0.3) is 0 Å². The van der Waals surface area contributed by atoms with Crippen molar-refractivity contribution in [1.82, 2.24) is 16.0 Å². The van der Waals surface area contributed by atoms with Gasteiger partial charge in [0.1, 0.15) is 5.75 Å². The van der Waals surface area contributed by atoms with Gasteiger partial charge in [-0.2, -0.15) is 0 Å². The summed E-state index contributed by atoms with van der Waals surface area (Å²) >= 11 is 0. The highest BCUT2D eigenvalue weighted by atomic mass is 127. The van der Waals surface area contributed by atoms with Gasteiger partial charge < -0.3 is 20.7 Å². The molecule has 2 rings (SSSR count). The van der Waals surface area contributed by atoms with E-state index in [0.29, 0.717) is 38.1 Å². The lowest BCUT2D eigenvalue weighted by atomic mass is 10.1. The first-order chi connectivity index (χ1) is 13.1. The molecule has 1 fully saturated rings. The van der Waals surface area contributed by atoms with Crippen LogP contribution in [0.3, 0.4) is 0 Å². The van der Waals surface area contributed by atoms with Crippen LogP contribution in [0.2, 0.25) is 0 Å². The van der Waals surface area contributed by atoms with E-state index in [4.69, 9.17) is 4.74 Å². The molecule has 6 nitrogen and oxygen atoms in total. The van der Waals surface area contributed by atoms with Crippen molar-refractivity contribution in [1.29, 1.82) is 0 Å². The maximum atomic E-state index is 12.0. The van der Waals surface area contributed by atoms with Gasteiger partial charge in [0.05, 0.1) is 13.2 Å². The quantitative estimate of drug-likeness (QED) is 0.275. The number of aliphatic imine (C=N–C) groups is 1. The van der Waals surface area contributed by atoms with E-state index in [1.54, 1.807) is 0 Å². The van der Waals surface area contributed by atoms with Crippen LogP contribution in [-0.2, 0) is 11.3 Å². The van der Waals surface area contributed by atoms with E-state index < -0.39 is 0 Å². The molecule has 0 unspecified atom stereocenters. The van der Waals surface area contributed by atoms with Crippen LogP contribution in [0.5, 0.6) is 5.75 Å². The number of rotatable bonds is 9. The van der Waals surface area contributed by atoms with Gasteiger partial charge >= 0.3 is 0 Å². The average molecular weight is 502 g/mol. The number of aryl methyl sites for hydroxylation is 1. The van der Waals surface area contributed by atoms with Crippen LogP contribution in [0.15, 0.2) is 23.2 Å². The summed E-state index contributed by atoms with van der Waals surface area (Å²) in [7, 11) is 0. The first-order valence-corrected chi connectivity index (χ1v) is 10.2. The van der Waals surface area contributed by atoms with Crippen LogP contribution in [0, 0.1) is 6.92 Å². The van der Waals surface area contributed by atoms with Crippen molar-refractivity contribution in [2.45, 2.75) is 65.5 Å². The summed E-state index contributed by atoms with van der Waals surface area (Å²) in [6, 6.07) is 6.55. The molecule has 28 heavy (non-hydrogen) atoms. The molecule has 7 heteroatoms. The van der Waals surface area contributed by atoms with Crippen molar-refractivity contribution in [2.75, 3.05) is 19.7 Å². The molecule has 1 aliphatic carbocycles. The van der Waals surface area contributed by atoms with Crippen LogP contribution in [0.1, 0.15) is 57.1 Å². The number of carbonyl (C=O) groups is 1. The Morgan fingerprint density at radius 1 is 1.21 bits per heavy atom. The summed E-state index contributed by atoms with van der Waals surface area (Å²) < 4.78 is 5.72. The van der Waals surface area contributed by atoms with Crippen molar-refractivity contribution in [2.24, 2.45) is 4.99 Å². The average Bonchev–Trinajstić information content (AvgIpc) is 3.14. The minimum Gasteiger partial charge on any atom is -0.494 e. The number of nitrogens with one attached hydrogen (secondary N) is 3. The second kappa shape index (κ2) is 13.6. The van der Waals surface area contributed by atoms with Gasteiger partial charge in [-0.15, -0.1) is 24.0 Å². The third-order valence-corrected chi connectivity index (χ3v) is 4.64. The molecule has 1 aromatic carbocycles. The van der Waals surface area contributed by atoms with E-state index in [1.165, 1.54) is 18.4 Å². The van der Waals surface area contributed by atoms with Gasteiger partial charge in [0.15, 0.2) is 5.96 Å². The van der Waals surface area contributed by atoms with E-state index in [-0.39, 0.29) is 29.9 Å². The zero-order chi connectivity index (χ0) is 19.5. The van der Waals surface area contributed by atoms with Gasteiger partial charge in [-0.25, -0.2) is 4.99 Å². The molecule has 0 aliphatic heterocycles. The molecule has 0 saturated heterocycles. The SMILES string of the molecule is CCNC(=NCc1ccc(C)cc1OCC)NCCC(=O)NC1CCCC1.I. The molecular formula is C21H35IN4O2. The highest BCUT2D eigenvalue weighted by Crippen LogP contribution is 2.21. The first-order valence-electron chi connectivity index (χ1n) is 10.2. The van der Waals surface area contributed by atoms with E-state index in [1.807, 2.05) is 19.9 Å². The van der Waals surface area contributed by atoms with Crippen molar-refractivity contribution < 1.29 is 9.53 Å². The smallest absolute Gasteiger partial charge is 0.221 e. The number of halogens is 1. The van der Waals surface area contributed by atoms with Crippen molar-refractivity contribution >= 4 is 35.8 Å². The van der Waals surface area contributed by atoms with Gasteiger partial charge in [0.25, 0.3) is 0 Å². The van der Waals surface area contributed by atoms with Gasteiger partial charge in [0.2, 0.25) is 5.91 Å². The minimum absolute atomic E-state index is 0.